The fourth-order valence-corrected chi connectivity index (χ4v) is 2.05. The minimum absolute atomic E-state index is 0.247. The monoisotopic (exact) mass is 414 g/mol. The predicted octanol–water partition coefficient (Wildman–Crippen LogP) is 5.74. The first-order valence-electron chi connectivity index (χ1n) is 7.23. The zero-order valence-electron chi connectivity index (χ0n) is 13.1. The van der Waals surface area contributed by atoms with Crippen molar-refractivity contribution in [1.82, 2.24) is 0 Å². The third kappa shape index (κ3) is 6.26. The zero-order chi connectivity index (χ0) is 18.4. The number of ether oxygens (including phenoxy) is 2. The van der Waals surface area contributed by atoms with Crippen LogP contribution in [-0.4, -0.2) is 10.8 Å². The lowest BCUT2D eigenvalue weighted by Gasteiger charge is -2.12. The van der Waals surface area contributed by atoms with E-state index in [2.05, 4.69) is 15.9 Å². The fourth-order valence-electron chi connectivity index (χ4n) is 1.90. The van der Waals surface area contributed by atoms with Gasteiger partial charge in [0.05, 0.1) is 5.56 Å². The van der Waals surface area contributed by atoms with Gasteiger partial charge in [-0.15, -0.1) is 0 Å². The molecule has 0 aliphatic rings. The molecule has 0 saturated heterocycles. The Kier molecular flexibility index (Phi) is 6.25. The number of hydrogen-bond donors (Lipinski definition) is 0. The molecule has 2 aromatic rings. The second-order valence-electron chi connectivity index (χ2n) is 5.08. The van der Waals surface area contributed by atoms with Crippen molar-refractivity contribution >= 4 is 20.6 Å². The minimum atomic E-state index is -4.37. The first-order valence-corrected chi connectivity index (χ1v) is 8.03. The van der Waals surface area contributed by atoms with E-state index in [1.165, 1.54) is 18.2 Å². The van der Waals surface area contributed by atoms with Crippen molar-refractivity contribution in [3.63, 3.8) is 0 Å². The van der Waals surface area contributed by atoms with E-state index in [0.717, 1.165) is 12.1 Å². The maximum Gasteiger partial charge on any atom is 0.416 e. The van der Waals surface area contributed by atoms with Crippen LogP contribution in [0.3, 0.4) is 0 Å². The number of carbonyl (C=O) groups excluding carboxylic acids is 1. The molecule has 0 N–H and O–H groups in total. The number of hydrogen-bond acceptors (Lipinski definition) is 3. The summed E-state index contributed by atoms with van der Waals surface area (Å²) in [5, 5.41) is 0. The van der Waals surface area contributed by atoms with Crippen molar-refractivity contribution < 1.29 is 27.4 Å². The lowest BCUT2D eigenvalue weighted by molar-refractivity contribution is -0.137. The number of carbonyl (C=O) groups is 1. The molecule has 2 rings (SSSR count). The van der Waals surface area contributed by atoms with Crippen molar-refractivity contribution in [2.75, 3.05) is 0 Å². The van der Waals surface area contributed by atoms with Gasteiger partial charge in [0.25, 0.3) is 0 Å². The summed E-state index contributed by atoms with van der Waals surface area (Å²) in [5.74, 6) is 1.33. The Morgan fingerprint density at radius 1 is 1.00 bits per heavy atom. The molecule has 0 spiro atoms. The molecular weight excluding hydrogens is 401 g/mol. The highest BCUT2D eigenvalue weighted by Crippen LogP contribution is 2.31. The van der Waals surface area contributed by atoms with E-state index in [1.807, 2.05) is 0 Å². The molecule has 0 heterocycles. The number of alkyl halides is 3. The second kappa shape index (κ2) is 8.20. The van der Waals surface area contributed by atoms with Crippen molar-refractivity contribution in [3.05, 3.63) is 66.2 Å². The third-order valence-corrected chi connectivity index (χ3v) is 3.33. The number of benzene rings is 2. The number of halogens is 4. The first-order chi connectivity index (χ1) is 11.7. The molecular formula is C18H14BrF3O3. The largest absolute Gasteiger partial charge is 0.487 e. The molecule has 1 unspecified atom stereocenters. The molecule has 25 heavy (non-hydrogen) atoms. The SMILES string of the molecule is CC(C=CC(=O)Br)Oc1ccc(Oc2ccc(C(F)(F)F)cc2)cc1. The molecule has 0 amide bonds. The summed E-state index contributed by atoms with van der Waals surface area (Å²) >= 11 is 2.78. The lowest BCUT2D eigenvalue weighted by Crippen LogP contribution is -2.08. The molecule has 1 atom stereocenters. The molecule has 0 saturated carbocycles. The Bertz CT molecular complexity index is 738. The highest BCUT2D eigenvalue weighted by molar-refractivity contribution is 9.18. The molecule has 0 aromatic heterocycles. The Morgan fingerprint density at radius 3 is 1.96 bits per heavy atom. The summed E-state index contributed by atoms with van der Waals surface area (Å²) < 4.78 is 48.4. The van der Waals surface area contributed by atoms with Crippen LogP contribution in [0.2, 0.25) is 0 Å². The minimum Gasteiger partial charge on any atom is -0.487 e. The van der Waals surface area contributed by atoms with E-state index >= 15 is 0 Å². The van der Waals surface area contributed by atoms with E-state index in [4.69, 9.17) is 9.47 Å². The van der Waals surface area contributed by atoms with Crippen LogP contribution >= 0.6 is 15.9 Å². The van der Waals surface area contributed by atoms with Gasteiger partial charge in [0, 0.05) is 0 Å². The average Bonchev–Trinajstić information content (AvgIpc) is 2.54. The van der Waals surface area contributed by atoms with Crippen LogP contribution in [0.25, 0.3) is 0 Å². The van der Waals surface area contributed by atoms with Gasteiger partial charge in [0.1, 0.15) is 23.4 Å². The van der Waals surface area contributed by atoms with Crippen molar-refractivity contribution in [2.45, 2.75) is 19.2 Å². The van der Waals surface area contributed by atoms with Gasteiger partial charge >= 0.3 is 6.18 Å². The molecule has 132 valence electrons. The van der Waals surface area contributed by atoms with Gasteiger partial charge in [0.2, 0.25) is 4.69 Å². The van der Waals surface area contributed by atoms with Crippen LogP contribution in [0.1, 0.15) is 12.5 Å². The van der Waals surface area contributed by atoms with E-state index in [-0.39, 0.29) is 10.8 Å². The number of allylic oxidation sites excluding steroid dienone is 1. The zero-order valence-corrected chi connectivity index (χ0v) is 14.7. The molecule has 2 aromatic carbocycles. The summed E-state index contributed by atoms with van der Waals surface area (Å²) in [6.07, 6.45) is -1.72. The Balaban J connectivity index is 1.97. The van der Waals surface area contributed by atoms with Gasteiger partial charge in [-0.3, -0.25) is 4.79 Å². The smallest absolute Gasteiger partial charge is 0.416 e. The first kappa shape index (κ1) is 19.1. The Labute approximate surface area is 151 Å². The summed E-state index contributed by atoms with van der Waals surface area (Å²) in [7, 11) is 0. The van der Waals surface area contributed by atoms with Gasteiger partial charge in [0.15, 0.2) is 0 Å². The van der Waals surface area contributed by atoms with Crippen molar-refractivity contribution in [2.24, 2.45) is 0 Å². The molecule has 0 aliphatic carbocycles. The molecule has 0 bridgehead atoms. The van der Waals surface area contributed by atoms with Gasteiger partial charge in [-0.25, -0.2) is 0 Å². The van der Waals surface area contributed by atoms with Crippen LogP contribution < -0.4 is 9.47 Å². The average molecular weight is 415 g/mol. The van der Waals surface area contributed by atoms with E-state index < -0.39 is 11.7 Å². The highest BCUT2D eigenvalue weighted by atomic mass is 79.9. The topological polar surface area (TPSA) is 35.5 Å². The molecule has 0 fully saturated rings. The Hall–Kier alpha value is -2.28. The van der Waals surface area contributed by atoms with Crippen LogP contribution in [0.5, 0.6) is 17.2 Å². The fraction of sp³-hybridized carbons (Fsp3) is 0.167. The predicted molar refractivity (Wildman–Crippen MR) is 91.1 cm³/mol. The molecule has 0 radical (unpaired) electrons. The van der Waals surface area contributed by atoms with Gasteiger partial charge in [-0.05, 0) is 83.5 Å². The van der Waals surface area contributed by atoms with Crippen LogP contribution in [0.4, 0.5) is 13.2 Å². The van der Waals surface area contributed by atoms with E-state index in [9.17, 15) is 18.0 Å². The van der Waals surface area contributed by atoms with Crippen molar-refractivity contribution in [1.29, 1.82) is 0 Å². The summed E-state index contributed by atoms with van der Waals surface area (Å²) in [6, 6.07) is 11.1. The van der Waals surface area contributed by atoms with Gasteiger partial charge in [-0.1, -0.05) is 0 Å². The maximum atomic E-state index is 12.5. The molecule has 0 aliphatic heterocycles. The second-order valence-corrected chi connectivity index (χ2v) is 5.86. The van der Waals surface area contributed by atoms with Gasteiger partial charge < -0.3 is 9.47 Å². The highest BCUT2D eigenvalue weighted by Gasteiger charge is 2.30. The molecule has 7 heteroatoms. The Morgan fingerprint density at radius 2 is 1.48 bits per heavy atom. The van der Waals surface area contributed by atoms with Crippen molar-refractivity contribution in [3.8, 4) is 17.2 Å². The van der Waals surface area contributed by atoms with Crippen LogP contribution in [-0.2, 0) is 11.0 Å². The quantitative estimate of drug-likeness (QED) is 0.446. The number of rotatable bonds is 6. The molecule has 3 nitrogen and oxygen atoms in total. The standard InChI is InChI=1S/C18H14BrF3O3/c1-12(2-11-17(19)23)24-14-7-9-16(10-8-14)25-15-5-3-13(4-6-15)18(20,21)22/h2-12H,1H3. The summed E-state index contributed by atoms with van der Waals surface area (Å²) in [5.41, 5.74) is -0.729. The van der Waals surface area contributed by atoms with E-state index in [1.54, 1.807) is 37.3 Å². The summed E-state index contributed by atoms with van der Waals surface area (Å²) in [6.45, 7) is 1.78. The van der Waals surface area contributed by atoms with E-state index in [0.29, 0.717) is 17.2 Å². The normalized spacial score (nSPS) is 12.8. The maximum absolute atomic E-state index is 12.5. The van der Waals surface area contributed by atoms with Crippen LogP contribution in [0.15, 0.2) is 60.7 Å². The summed E-state index contributed by atoms with van der Waals surface area (Å²) in [4.78, 5) is 10.8. The van der Waals surface area contributed by atoms with Crippen LogP contribution in [0, 0.1) is 0 Å². The van der Waals surface area contributed by atoms with Gasteiger partial charge in [-0.2, -0.15) is 13.2 Å². The lowest BCUT2D eigenvalue weighted by atomic mass is 10.2. The third-order valence-electron chi connectivity index (χ3n) is 3.06.